The van der Waals surface area contributed by atoms with Crippen LogP contribution in [0, 0.1) is 0 Å². The lowest BCUT2D eigenvalue weighted by atomic mass is 10.1. The Balaban J connectivity index is 1.36. The van der Waals surface area contributed by atoms with Gasteiger partial charge in [0, 0.05) is 26.2 Å². The standard InChI is InChI=1S/C19H22N2O4/c1-14-18(25-17-7-3-2-6-16(17)24-14)19(22)21-10-8-20(9-11-21)13-15-5-4-12-23-15/h2-7,12,14,18H,8-11,13H2,1H3. The Hall–Kier alpha value is -2.47. The van der Waals surface area contributed by atoms with E-state index < -0.39 is 6.10 Å². The first-order valence-corrected chi connectivity index (χ1v) is 8.66. The van der Waals surface area contributed by atoms with Gasteiger partial charge < -0.3 is 18.8 Å². The van der Waals surface area contributed by atoms with E-state index in [9.17, 15) is 4.79 Å². The highest BCUT2D eigenvalue weighted by Gasteiger charge is 2.37. The molecule has 1 fully saturated rings. The molecule has 2 aliphatic heterocycles. The Kier molecular flexibility index (Phi) is 4.36. The topological polar surface area (TPSA) is 55.2 Å². The van der Waals surface area contributed by atoms with Crippen LogP contribution in [0.2, 0.25) is 0 Å². The summed E-state index contributed by atoms with van der Waals surface area (Å²) in [6.45, 7) is 5.69. The molecule has 2 atom stereocenters. The second kappa shape index (κ2) is 6.80. The van der Waals surface area contributed by atoms with Crippen LogP contribution in [-0.4, -0.2) is 54.1 Å². The van der Waals surface area contributed by atoms with Crippen molar-refractivity contribution in [3.63, 3.8) is 0 Å². The first-order valence-electron chi connectivity index (χ1n) is 8.66. The van der Waals surface area contributed by atoms with Gasteiger partial charge in [0.1, 0.15) is 11.9 Å². The quantitative estimate of drug-likeness (QED) is 0.855. The maximum Gasteiger partial charge on any atom is 0.267 e. The van der Waals surface area contributed by atoms with Crippen LogP contribution in [0.25, 0.3) is 0 Å². The van der Waals surface area contributed by atoms with E-state index in [1.165, 1.54) is 0 Å². The summed E-state index contributed by atoms with van der Waals surface area (Å²) in [6.07, 6.45) is 0.796. The lowest BCUT2D eigenvalue weighted by Crippen LogP contribution is -2.55. The molecule has 132 valence electrons. The van der Waals surface area contributed by atoms with Gasteiger partial charge in [-0.3, -0.25) is 9.69 Å². The van der Waals surface area contributed by atoms with Crippen LogP contribution >= 0.6 is 0 Å². The minimum atomic E-state index is -0.591. The first kappa shape index (κ1) is 16.0. The Bertz CT molecular complexity index is 723. The molecule has 2 aliphatic rings. The fourth-order valence-electron chi connectivity index (χ4n) is 3.32. The van der Waals surface area contributed by atoms with Gasteiger partial charge in [0.25, 0.3) is 5.91 Å². The second-order valence-corrected chi connectivity index (χ2v) is 6.49. The molecule has 25 heavy (non-hydrogen) atoms. The summed E-state index contributed by atoms with van der Waals surface area (Å²) in [6, 6.07) is 11.4. The number of ether oxygens (including phenoxy) is 2. The Morgan fingerprint density at radius 3 is 2.44 bits per heavy atom. The number of rotatable bonds is 3. The highest BCUT2D eigenvalue weighted by molar-refractivity contribution is 5.82. The number of fused-ring (bicyclic) bond motifs is 1. The molecule has 6 nitrogen and oxygen atoms in total. The number of carbonyl (C=O) groups is 1. The summed E-state index contributed by atoms with van der Waals surface area (Å²) < 4.78 is 17.2. The molecule has 2 aromatic rings. The summed E-state index contributed by atoms with van der Waals surface area (Å²) in [4.78, 5) is 17.0. The molecule has 6 heteroatoms. The van der Waals surface area contributed by atoms with Crippen molar-refractivity contribution in [3.05, 3.63) is 48.4 Å². The molecule has 0 N–H and O–H groups in total. The van der Waals surface area contributed by atoms with E-state index in [1.807, 2.05) is 48.2 Å². The highest BCUT2D eigenvalue weighted by atomic mass is 16.6. The van der Waals surface area contributed by atoms with Crippen LogP contribution in [0.3, 0.4) is 0 Å². The van der Waals surface area contributed by atoms with Crippen molar-refractivity contribution >= 4 is 5.91 Å². The molecule has 1 aromatic carbocycles. The fourth-order valence-corrected chi connectivity index (χ4v) is 3.32. The molecule has 1 aromatic heterocycles. The molecule has 1 saturated heterocycles. The van der Waals surface area contributed by atoms with Gasteiger partial charge in [0.2, 0.25) is 6.10 Å². The molecule has 1 amide bonds. The maximum atomic E-state index is 12.9. The number of amides is 1. The minimum absolute atomic E-state index is 0.000323. The summed E-state index contributed by atoms with van der Waals surface area (Å²) in [5, 5.41) is 0. The Morgan fingerprint density at radius 1 is 1.04 bits per heavy atom. The molecule has 0 spiro atoms. The van der Waals surface area contributed by atoms with Gasteiger partial charge >= 0.3 is 0 Å². The smallest absolute Gasteiger partial charge is 0.267 e. The van der Waals surface area contributed by atoms with Crippen LogP contribution < -0.4 is 9.47 Å². The maximum absolute atomic E-state index is 12.9. The van der Waals surface area contributed by atoms with Crippen LogP contribution in [0.4, 0.5) is 0 Å². The molecule has 0 bridgehead atoms. The zero-order valence-corrected chi connectivity index (χ0v) is 14.3. The van der Waals surface area contributed by atoms with Gasteiger partial charge in [-0.2, -0.15) is 0 Å². The van der Waals surface area contributed by atoms with E-state index in [-0.39, 0.29) is 12.0 Å². The summed E-state index contributed by atoms with van der Waals surface area (Å²) in [5.41, 5.74) is 0. The highest BCUT2D eigenvalue weighted by Crippen LogP contribution is 2.34. The van der Waals surface area contributed by atoms with E-state index in [1.54, 1.807) is 6.26 Å². The van der Waals surface area contributed by atoms with Crippen molar-refractivity contribution in [1.29, 1.82) is 0 Å². The van der Waals surface area contributed by atoms with Crippen LogP contribution in [0.5, 0.6) is 11.5 Å². The number of hydrogen-bond donors (Lipinski definition) is 0. The molecular weight excluding hydrogens is 320 g/mol. The summed E-state index contributed by atoms with van der Waals surface area (Å²) >= 11 is 0. The largest absolute Gasteiger partial charge is 0.482 e. The lowest BCUT2D eigenvalue weighted by molar-refractivity contribution is -0.146. The number of para-hydroxylation sites is 2. The monoisotopic (exact) mass is 342 g/mol. The summed E-state index contributed by atoms with van der Waals surface area (Å²) in [5.74, 6) is 2.28. The van der Waals surface area contributed by atoms with Crippen LogP contribution in [0.15, 0.2) is 47.1 Å². The van der Waals surface area contributed by atoms with Crippen LogP contribution in [-0.2, 0) is 11.3 Å². The minimum Gasteiger partial charge on any atom is -0.482 e. The van der Waals surface area contributed by atoms with E-state index >= 15 is 0 Å². The van der Waals surface area contributed by atoms with Gasteiger partial charge in [0.05, 0.1) is 12.8 Å². The van der Waals surface area contributed by atoms with E-state index in [0.29, 0.717) is 24.6 Å². The van der Waals surface area contributed by atoms with Gasteiger partial charge in [-0.15, -0.1) is 0 Å². The third-order valence-corrected chi connectivity index (χ3v) is 4.73. The molecule has 4 rings (SSSR count). The Morgan fingerprint density at radius 2 is 1.76 bits per heavy atom. The van der Waals surface area contributed by atoms with Crippen molar-refractivity contribution < 1.29 is 18.7 Å². The van der Waals surface area contributed by atoms with Gasteiger partial charge in [-0.05, 0) is 31.2 Å². The molecule has 0 aliphatic carbocycles. The number of nitrogens with zero attached hydrogens (tertiary/aromatic N) is 2. The third-order valence-electron chi connectivity index (χ3n) is 4.73. The number of benzene rings is 1. The van der Waals surface area contributed by atoms with Gasteiger partial charge in [-0.1, -0.05) is 12.1 Å². The van der Waals surface area contributed by atoms with E-state index in [4.69, 9.17) is 13.9 Å². The molecular formula is C19H22N2O4. The normalized spacial score (nSPS) is 23.5. The van der Waals surface area contributed by atoms with Crippen molar-refractivity contribution in [2.75, 3.05) is 26.2 Å². The average Bonchev–Trinajstić information content (AvgIpc) is 3.14. The lowest BCUT2D eigenvalue weighted by Gasteiger charge is -2.38. The SMILES string of the molecule is CC1Oc2ccccc2OC1C(=O)N1CCN(Cc2ccco2)CC1. The van der Waals surface area contributed by atoms with Crippen LogP contribution in [0.1, 0.15) is 12.7 Å². The molecule has 0 saturated carbocycles. The van der Waals surface area contributed by atoms with Gasteiger partial charge in [0.15, 0.2) is 11.5 Å². The predicted molar refractivity (Wildman–Crippen MR) is 91.5 cm³/mol. The molecule has 3 heterocycles. The van der Waals surface area contributed by atoms with E-state index in [0.717, 1.165) is 25.4 Å². The van der Waals surface area contributed by atoms with Crippen molar-refractivity contribution in [2.45, 2.75) is 25.7 Å². The number of piperazine rings is 1. The predicted octanol–water partition coefficient (Wildman–Crippen LogP) is 2.15. The van der Waals surface area contributed by atoms with Crippen molar-refractivity contribution in [1.82, 2.24) is 9.80 Å². The second-order valence-electron chi connectivity index (χ2n) is 6.49. The molecule has 2 unspecified atom stereocenters. The molecule has 0 radical (unpaired) electrons. The zero-order chi connectivity index (χ0) is 17.2. The van der Waals surface area contributed by atoms with Crippen molar-refractivity contribution in [3.8, 4) is 11.5 Å². The Labute approximate surface area is 146 Å². The first-order chi connectivity index (χ1) is 12.2. The number of furan rings is 1. The van der Waals surface area contributed by atoms with E-state index in [2.05, 4.69) is 4.90 Å². The fraction of sp³-hybridized carbons (Fsp3) is 0.421. The number of hydrogen-bond acceptors (Lipinski definition) is 5. The third kappa shape index (κ3) is 3.35. The van der Waals surface area contributed by atoms with Gasteiger partial charge in [-0.25, -0.2) is 0 Å². The summed E-state index contributed by atoms with van der Waals surface area (Å²) in [7, 11) is 0. The van der Waals surface area contributed by atoms with Crippen molar-refractivity contribution in [2.24, 2.45) is 0 Å². The zero-order valence-electron chi connectivity index (χ0n) is 14.3. The average molecular weight is 342 g/mol. The number of carbonyl (C=O) groups excluding carboxylic acids is 1.